The molecule has 6 heteroatoms. The van der Waals surface area contributed by atoms with E-state index in [1.54, 1.807) is 17.5 Å². The van der Waals surface area contributed by atoms with Gasteiger partial charge in [0.1, 0.15) is 11.2 Å². The van der Waals surface area contributed by atoms with Crippen LogP contribution in [0.25, 0.3) is 0 Å². The molecular formula is C15H20FN3OS. The lowest BCUT2D eigenvalue weighted by Crippen LogP contribution is -2.40. The molecule has 2 atom stereocenters. The maximum atomic E-state index is 13.7. The van der Waals surface area contributed by atoms with Crippen LogP contribution in [0.1, 0.15) is 30.7 Å². The first kappa shape index (κ1) is 14.7. The molecule has 1 amide bonds. The third-order valence-electron chi connectivity index (χ3n) is 4.13. The van der Waals surface area contributed by atoms with E-state index in [1.165, 1.54) is 0 Å². The Hall–Kier alpha value is -1.27. The molecule has 3 rings (SSSR count). The average molecular weight is 309 g/mol. The van der Waals surface area contributed by atoms with E-state index in [1.807, 2.05) is 11.5 Å². The number of hydrogen-bond acceptors (Lipinski definition) is 4. The number of rotatable bonds is 5. The highest BCUT2D eigenvalue weighted by Crippen LogP contribution is 2.23. The van der Waals surface area contributed by atoms with Gasteiger partial charge in [-0.1, -0.05) is 6.08 Å². The molecule has 2 aliphatic rings. The third-order valence-corrected chi connectivity index (χ3v) is 4.89. The molecule has 2 heterocycles. The van der Waals surface area contributed by atoms with E-state index in [0.717, 1.165) is 29.8 Å². The Kier molecular flexibility index (Phi) is 4.65. The number of allylic oxidation sites excluding steroid dienone is 1. The van der Waals surface area contributed by atoms with Crippen molar-refractivity contribution < 1.29 is 9.18 Å². The van der Waals surface area contributed by atoms with Gasteiger partial charge in [-0.3, -0.25) is 9.69 Å². The summed E-state index contributed by atoms with van der Waals surface area (Å²) in [5, 5.41) is 5.90. The van der Waals surface area contributed by atoms with Crippen molar-refractivity contribution in [1.29, 1.82) is 0 Å². The van der Waals surface area contributed by atoms with Gasteiger partial charge in [0.2, 0.25) is 5.91 Å². The van der Waals surface area contributed by atoms with Crippen molar-refractivity contribution in [2.75, 3.05) is 13.1 Å². The molecule has 4 nitrogen and oxygen atoms in total. The number of alkyl halides is 1. The number of carbonyl (C=O) groups is 1. The lowest BCUT2D eigenvalue weighted by molar-refractivity contribution is -0.117. The molecule has 0 bridgehead atoms. The van der Waals surface area contributed by atoms with Crippen LogP contribution in [0.5, 0.6) is 0 Å². The van der Waals surface area contributed by atoms with Gasteiger partial charge in [-0.05, 0) is 25.7 Å². The first-order valence-electron chi connectivity index (χ1n) is 7.46. The number of carbonyl (C=O) groups excluding carboxylic acids is 1. The fourth-order valence-electron chi connectivity index (χ4n) is 3.03. The predicted molar refractivity (Wildman–Crippen MR) is 80.8 cm³/mol. The van der Waals surface area contributed by atoms with Crippen LogP contribution in [0.15, 0.2) is 23.2 Å². The summed E-state index contributed by atoms with van der Waals surface area (Å²) in [5.41, 5.74) is 0.885. The second kappa shape index (κ2) is 6.66. The highest BCUT2D eigenvalue weighted by Gasteiger charge is 2.32. The second-order valence-electron chi connectivity index (χ2n) is 5.67. The Balaban J connectivity index is 1.54. The van der Waals surface area contributed by atoms with E-state index < -0.39 is 6.17 Å². The molecule has 21 heavy (non-hydrogen) atoms. The van der Waals surface area contributed by atoms with Crippen molar-refractivity contribution in [2.45, 2.75) is 44.4 Å². The zero-order valence-electron chi connectivity index (χ0n) is 11.9. The smallest absolute Gasteiger partial charge is 0.246 e. The molecule has 1 aliphatic heterocycles. The molecule has 1 saturated heterocycles. The quantitative estimate of drug-likeness (QED) is 0.907. The minimum Gasteiger partial charge on any atom is -0.351 e. The fraction of sp³-hybridized carbons (Fsp3) is 0.600. The van der Waals surface area contributed by atoms with Crippen LogP contribution in [-0.4, -0.2) is 41.1 Å². The van der Waals surface area contributed by atoms with Crippen LogP contribution in [0.2, 0.25) is 0 Å². The van der Waals surface area contributed by atoms with Gasteiger partial charge in [0.25, 0.3) is 0 Å². The number of nitrogens with one attached hydrogen (secondary N) is 1. The Morgan fingerprint density at radius 1 is 1.57 bits per heavy atom. The van der Waals surface area contributed by atoms with Crippen LogP contribution in [-0.2, 0) is 11.3 Å². The van der Waals surface area contributed by atoms with Crippen molar-refractivity contribution in [2.24, 2.45) is 0 Å². The number of nitrogens with zero attached hydrogens (tertiary/aromatic N) is 2. The van der Waals surface area contributed by atoms with Crippen LogP contribution in [0.3, 0.4) is 0 Å². The van der Waals surface area contributed by atoms with Gasteiger partial charge < -0.3 is 5.32 Å². The fourth-order valence-corrected chi connectivity index (χ4v) is 3.68. The van der Waals surface area contributed by atoms with Crippen LogP contribution < -0.4 is 5.32 Å². The number of halogens is 1. The summed E-state index contributed by atoms with van der Waals surface area (Å²) in [7, 11) is 0. The predicted octanol–water partition coefficient (Wildman–Crippen LogP) is 2.28. The largest absolute Gasteiger partial charge is 0.351 e. The van der Waals surface area contributed by atoms with Gasteiger partial charge >= 0.3 is 0 Å². The van der Waals surface area contributed by atoms with Gasteiger partial charge in [0.15, 0.2) is 0 Å². The molecule has 1 aliphatic carbocycles. The van der Waals surface area contributed by atoms with Crippen molar-refractivity contribution in [1.82, 2.24) is 15.2 Å². The first-order valence-corrected chi connectivity index (χ1v) is 8.34. The topological polar surface area (TPSA) is 45.2 Å². The van der Waals surface area contributed by atoms with Gasteiger partial charge in [-0.2, -0.15) is 0 Å². The van der Waals surface area contributed by atoms with E-state index in [0.29, 0.717) is 26.1 Å². The highest BCUT2D eigenvalue weighted by molar-refractivity contribution is 7.09. The summed E-state index contributed by atoms with van der Waals surface area (Å²) >= 11 is 1.59. The van der Waals surface area contributed by atoms with Crippen molar-refractivity contribution >= 4 is 17.2 Å². The SMILES string of the molecule is O=C(NC[C@@H]1C[C@H](F)CN1Cc1nccs1)C1=CCCC1. The van der Waals surface area contributed by atoms with Crippen LogP contribution in [0.4, 0.5) is 4.39 Å². The molecule has 0 aromatic carbocycles. The molecule has 114 valence electrons. The maximum absolute atomic E-state index is 13.7. The van der Waals surface area contributed by atoms with E-state index >= 15 is 0 Å². The van der Waals surface area contributed by atoms with Crippen molar-refractivity contribution in [3.63, 3.8) is 0 Å². The molecule has 1 N–H and O–H groups in total. The van der Waals surface area contributed by atoms with Crippen molar-refractivity contribution in [3.05, 3.63) is 28.2 Å². The summed E-state index contributed by atoms with van der Waals surface area (Å²) in [6.45, 7) is 1.62. The maximum Gasteiger partial charge on any atom is 0.246 e. The first-order chi connectivity index (χ1) is 10.2. The molecule has 1 aromatic rings. The minimum atomic E-state index is -0.808. The van der Waals surface area contributed by atoms with Gasteiger partial charge in [0.05, 0.1) is 6.54 Å². The molecule has 0 radical (unpaired) electrons. The zero-order valence-corrected chi connectivity index (χ0v) is 12.7. The van der Waals surface area contributed by atoms with Gasteiger partial charge in [-0.25, -0.2) is 9.37 Å². The van der Waals surface area contributed by atoms with E-state index in [9.17, 15) is 9.18 Å². The average Bonchev–Trinajstić information content (AvgIpc) is 3.18. The van der Waals surface area contributed by atoms with Crippen LogP contribution >= 0.6 is 11.3 Å². The second-order valence-corrected chi connectivity index (χ2v) is 6.65. The lowest BCUT2D eigenvalue weighted by atomic mass is 10.2. The Labute approximate surface area is 128 Å². The third kappa shape index (κ3) is 3.68. The van der Waals surface area contributed by atoms with Crippen LogP contribution in [0, 0.1) is 0 Å². The van der Waals surface area contributed by atoms with Gasteiger partial charge in [-0.15, -0.1) is 11.3 Å². The number of thiazole rings is 1. The molecule has 0 unspecified atom stereocenters. The summed E-state index contributed by atoms with van der Waals surface area (Å²) in [5.74, 6) is 0.0176. The molecule has 0 saturated carbocycles. The summed E-state index contributed by atoms with van der Waals surface area (Å²) in [4.78, 5) is 18.4. The molecule has 0 spiro atoms. The monoisotopic (exact) mass is 309 g/mol. The Morgan fingerprint density at radius 2 is 2.48 bits per heavy atom. The number of aromatic nitrogens is 1. The Morgan fingerprint density at radius 3 is 3.19 bits per heavy atom. The number of likely N-dealkylation sites (tertiary alicyclic amines) is 1. The van der Waals surface area contributed by atoms with Crippen molar-refractivity contribution in [3.8, 4) is 0 Å². The Bertz CT molecular complexity index is 517. The summed E-state index contributed by atoms with van der Waals surface area (Å²) in [6.07, 6.45) is 6.39. The normalized spacial score (nSPS) is 26.0. The summed E-state index contributed by atoms with van der Waals surface area (Å²) < 4.78 is 13.7. The molecular weight excluding hydrogens is 289 g/mol. The van der Waals surface area contributed by atoms with Gasteiger partial charge in [0, 0.05) is 36.3 Å². The lowest BCUT2D eigenvalue weighted by Gasteiger charge is -2.23. The number of hydrogen-bond donors (Lipinski definition) is 1. The minimum absolute atomic E-state index is 0.0176. The number of amides is 1. The van der Waals surface area contributed by atoms with E-state index in [4.69, 9.17) is 0 Å². The standard InChI is InChI=1S/C15H20FN3OS/c16-12-7-13(8-18-15(20)11-3-1-2-4-11)19(9-12)10-14-17-5-6-21-14/h3,5-6,12-13H,1-2,4,7-10H2,(H,18,20)/t12-,13-/m0/s1. The van der Waals surface area contributed by atoms with E-state index in [-0.39, 0.29) is 11.9 Å². The molecule has 1 aromatic heterocycles. The van der Waals surface area contributed by atoms with E-state index in [2.05, 4.69) is 15.2 Å². The molecule has 1 fully saturated rings. The summed E-state index contributed by atoms with van der Waals surface area (Å²) in [6, 6.07) is 0.0647. The zero-order chi connectivity index (χ0) is 14.7. The highest BCUT2D eigenvalue weighted by atomic mass is 32.1.